The van der Waals surface area contributed by atoms with Gasteiger partial charge in [0.05, 0.1) is 13.5 Å². The average Bonchev–Trinajstić information content (AvgIpc) is 2.92. The lowest BCUT2D eigenvalue weighted by Crippen LogP contribution is -2.33. The molecule has 20 heavy (non-hydrogen) atoms. The van der Waals surface area contributed by atoms with Crippen molar-refractivity contribution in [3.8, 4) is 0 Å². The Hall–Kier alpha value is -0.870. The molecule has 2 unspecified atom stereocenters. The van der Waals surface area contributed by atoms with Gasteiger partial charge in [0.15, 0.2) is 0 Å². The van der Waals surface area contributed by atoms with E-state index < -0.39 is 0 Å². The molecule has 0 spiro atoms. The van der Waals surface area contributed by atoms with Crippen molar-refractivity contribution >= 4 is 17.3 Å². The minimum atomic E-state index is -0.163. The van der Waals surface area contributed by atoms with E-state index in [4.69, 9.17) is 4.74 Å². The lowest BCUT2D eigenvalue weighted by atomic mass is 9.84. The number of hydrogen-bond acceptors (Lipinski definition) is 4. The maximum absolute atomic E-state index is 11.2. The maximum Gasteiger partial charge on any atom is 0.310 e. The third kappa shape index (κ3) is 4.60. The zero-order chi connectivity index (χ0) is 14.4. The minimum Gasteiger partial charge on any atom is -0.469 e. The summed E-state index contributed by atoms with van der Waals surface area (Å²) in [5.41, 5.74) is 0. The van der Waals surface area contributed by atoms with Crippen LogP contribution in [0.2, 0.25) is 0 Å². The highest BCUT2D eigenvalue weighted by atomic mass is 32.1. The van der Waals surface area contributed by atoms with Crippen LogP contribution in [0.4, 0.5) is 0 Å². The summed E-state index contributed by atoms with van der Waals surface area (Å²) >= 11 is 1.71. The summed E-state index contributed by atoms with van der Waals surface area (Å²) in [6, 6.07) is 4.82. The summed E-state index contributed by atoms with van der Waals surface area (Å²) in [7, 11) is 1.44. The molecule has 0 saturated heterocycles. The topological polar surface area (TPSA) is 38.3 Å². The summed E-state index contributed by atoms with van der Waals surface area (Å²) in [6.07, 6.45) is 7.07. The minimum absolute atomic E-state index is 0.163. The van der Waals surface area contributed by atoms with E-state index in [1.807, 2.05) is 6.07 Å². The van der Waals surface area contributed by atoms with E-state index in [-0.39, 0.29) is 5.97 Å². The molecule has 0 amide bonds. The van der Waals surface area contributed by atoms with Crippen molar-refractivity contribution < 1.29 is 9.53 Å². The first-order valence-corrected chi connectivity index (χ1v) is 8.40. The van der Waals surface area contributed by atoms with Crippen molar-refractivity contribution in [3.63, 3.8) is 0 Å². The van der Waals surface area contributed by atoms with Crippen LogP contribution < -0.4 is 5.32 Å². The summed E-state index contributed by atoms with van der Waals surface area (Å²) in [6.45, 7) is 3.22. The van der Waals surface area contributed by atoms with Crippen molar-refractivity contribution in [3.05, 3.63) is 21.9 Å². The van der Waals surface area contributed by atoms with E-state index in [1.54, 1.807) is 11.3 Å². The van der Waals surface area contributed by atoms with Gasteiger partial charge in [-0.3, -0.25) is 4.79 Å². The number of carbonyl (C=O) groups excluding carboxylic acids is 1. The fraction of sp³-hybridized carbons (Fsp3) is 0.688. The molecule has 112 valence electrons. The van der Waals surface area contributed by atoms with Gasteiger partial charge >= 0.3 is 5.97 Å². The molecule has 1 fully saturated rings. The van der Waals surface area contributed by atoms with Gasteiger partial charge in [0, 0.05) is 22.3 Å². The summed E-state index contributed by atoms with van der Waals surface area (Å²) in [5.74, 6) is 0.740. The van der Waals surface area contributed by atoms with Crippen LogP contribution in [0.15, 0.2) is 12.1 Å². The third-order valence-corrected chi connectivity index (χ3v) is 5.27. The fourth-order valence-electron chi connectivity index (χ4n) is 2.92. The van der Waals surface area contributed by atoms with Crippen LogP contribution in [-0.2, 0) is 22.5 Å². The van der Waals surface area contributed by atoms with E-state index in [1.165, 1.54) is 44.1 Å². The van der Waals surface area contributed by atoms with E-state index in [0.29, 0.717) is 12.5 Å². The van der Waals surface area contributed by atoms with Crippen molar-refractivity contribution in [1.29, 1.82) is 0 Å². The van der Waals surface area contributed by atoms with Gasteiger partial charge in [-0.15, -0.1) is 11.3 Å². The lowest BCUT2D eigenvalue weighted by Gasteiger charge is -2.29. The number of rotatable bonds is 6. The summed E-state index contributed by atoms with van der Waals surface area (Å²) in [5, 5.41) is 3.68. The Labute approximate surface area is 125 Å². The number of nitrogens with one attached hydrogen (secondary N) is 1. The molecule has 1 aromatic rings. The van der Waals surface area contributed by atoms with Gasteiger partial charge in [0.2, 0.25) is 0 Å². The zero-order valence-corrected chi connectivity index (χ0v) is 13.3. The van der Waals surface area contributed by atoms with Gasteiger partial charge in [-0.2, -0.15) is 0 Å². The quantitative estimate of drug-likeness (QED) is 0.816. The molecule has 2 rings (SSSR count). The van der Waals surface area contributed by atoms with Crippen LogP contribution in [0.1, 0.15) is 48.8 Å². The molecular formula is C16H25NO2S. The fourth-order valence-corrected chi connectivity index (χ4v) is 3.87. The normalized spacial score (nSPS) is 22.7. The largest absolute Gasteiger partial charge is 0.469 e. The van der Waals surface area contributed by atoms with Gasteiger partial charge in [-0.1, -0.05) is 26.2 Å². The Balaban J connectivity index is 1.77. The zero-order valence-electron chi connectivity index (χ0n) is 12.5. The molecule has 3 nitrogen and oxygen atoms in total. The molecule has 0 aliphatic heterocycles. The maximum atomic E-state index is 11.2. The molecule has 1 aromatic heterocycles. The molecule has 1 heterocycles. The standard InChI is InChI=1S/C16H25NO2S/c1-3-12-5-4-6-13(9-12)17-11-15-8-7-14(20-15)10-16(18)19-2/h7-8,12-13,17H,3-6,9-11H2,1-2H3. The first-order valence-electron chi connectivity index (χ1n) is 7.59. The van der Waals surface area contributed by atoms with Crippen molar-refractivity contribution in [2.75, 3.05) is 7.11 Å². The Morgan fingerprint density at radius 3 is 2.95 bits per heavy atom. The number of methoxy groups -OCH3 is 1. The Kier molecular flexibility index (Phi) is 6.05. The first-order chi connectivity index (χ1) is 9.71. The second kappa shape index (κ2) is 7.79. The van der Waals surface area contributed by atoms with Gasteiger partial charge in [0.25, 0.3) is 0 Å². The predicted molar refractivity (Wildman–Crippen MR) is 82.9 cm³/mol. The van der Waals surface area contributed by atoms with Crippen LogP contribution in [0.5, 0.6) is 0 Å². The molecule has 1 saturated carbocycles. The SMILES string of the molecule is CCC1CCCC(NCc2ccc(CC(=O)OC)s2)C1. The van der Waals surface area contributed by atoms with E-state index >= 15 is 0 Å². The molecule has 0 radical (unpaired) electrons. The van der Waals surface area contributed by atoms with Gasteiger partial charge in [0.1, 0.15) is 0 Å². The van der Waals surface area contributed by atoms with E-state index in [0.717, 1.165) is 17.3 Å². The highest BCUT2D eigenvalue weighted by molar-refractivity contribution is 7.12. The highest BCUT2D eigenvalue weighted by Gasteiger charge is 2.20. The van der Waals surface area contributed by atoms with E-state index in [2.05, 4.69) is 18.3 Å². The molecule has 4 heteroatoms. The predicted octanol–water partition coefficient (Wildman–Crippen LogP) is 3.52. The van der Waals surface area contributed by atoms with Crippen molar-refractivity contribution in [1.82, 2.24) is 5.32 Å². The molecule has 2 atom stereocenters. The number of ether oxygens (including phenoxy) is 1. The number of esters is 1. The smallest absolute Gasteiger partial charge is 0.310 e. The Morgan fingerprint density at radius 2 is 2.20 bits per heavy atom. The molecule has 1 N–H and O–H groups in total. The van der Waals surface area contributed by atoms with E-state index in [9.17, 15) is 4.79 Å². The lowest BCUT2D eigenvalue weighted by molar-refractivity contribution is -0.139. The third-order valence-electron chi connectivity index (χ3n) is 4.19. The second-order valence-corrected chi connectivity index (χ2v) is 6.89. The highest BCUT2D eigenvalue weighted by Crippen LogP contribution is 2.27. The Morgan fingerprint density at radius 1 is 1.40 bits per heavy atom. The van der Waals surface area contributed by atoms with Crippen LogP contribution >= 0.6 is 11.3 Å². The molecule has 0 bridgehead atoms. The number of hydrogen-bond donors (Lipinski definition) is 1. The Bertz CT molecular complexity index is 430. The van der Waals surface area contributed by atoms with Gasteiger partial charge < -0.3 is 10.1 Å². The molecular weight excluding hydrogens is 270 g/mol. The molecule has 1 aliphatic carbocycles. The van der Waals surface area contributed by atoms with Gasteiger partial charge in [-0.25, -0.2) is 0 Å². The van der Waals surface area contributed by atoms with Crippen LogP contribution in [0, 0.1) is 5.92 Å². The van der Waals surface area contributed by atoms with Crippen molar-refractivity contribution in [2.24, 2.45) is 5.92 Å². The van der Waals surface area contributed by atoms with Gasteiger partial charge in [-0.05, 0) is 30.9 Å². The number of carbonyl (C=O) groups is 1. The van der Waals surface area contributed by atoms with Crippen LogP contribution in [-0.4, -0.2) is 19.1 Å². The summed E-state index contributed by atoms with van der Waals surface area (Å²) in [4.78, 5) is 13.6. The average molecular weight is 295 g/mol. The van der Waals surface area contributed by atoms with Crippen LogP contribution in [0.3, 0.4) is 0 Å². The summed E-state index contributed by atoms with van der Waals surface area (Å²) < 4.78 is 4.69. The molecule has 0 aromatic carbocycles. The molecule has 1 aliphatic rings. The van der Waals surface area contributed by atoms with Crippen LogP contribution in [0.25, 0.3) is 0 Å². The van der Waals surface area contributed by atoms with Crippen molar-refractivity contribution in [2.45, 2.75) is 58.0 Å². The monoisotopic (exact) mass is 295 g/mol. The second-order valence-electron chi connectivity index (χ2n) is 5.64. The number of thiophene rings is 1. The first kappa shape index (κ1) is 15.5.